The molecule has 15 nitrogen and oxygen atoms in total. The predicted molar refractivity (Wildman–Crippen MR) is 274 cm³/mol. The van der Waals surface area contributed by atoms with Crippen molar-refractivity contribution >= 4 is 35.4 Å². The summed E-state index contributed by atoms with van der Waals surface area (Å²) in [6.45, 7) is 15.2. The number of rotatable bonds is 14. The van der Waals surface area contributed by atoms with Crippen LogP contribution in [0.1, 0.15) is 144 Å². The Labute approximate surface area is 420 Å². The molecule has 0 saturated carbocycles. The molecular weight excluding hydrogens is 897 g/mol. The summed E-state index contributed by atoms with van der Waals surface area (Å²) in [5.41, 5.74) is 5.72. The number of fused-ring (bicyclic) bond motifs is 3. The van der Waals surface area contributed by atoms with Crippen molar-refractivity contribution < 1.29 is 33.5 Å². The molecule has 4 aliphatic rings. The highest BCUT2D eigenvalue weighted by Crippen LogP contribution is 2.39. The lowest BCUT2D eigenvalue weighted by Gasteiger charge is -2.42. The Balaban J connectivity index is 1.22. The molecule has 384 valence electrons. The van der Waals surface area contributed by atoms with E-state index in [1.807, 2.05) is 84.0 Å². The van der Waals surface area contributed by atoms with Crippen LogP contribution in [-0.2, 0) is 54.6 Å². The molecule has 2 heterocycles. The number of methoxy groups -OCH3 is 1. The maximum absolute atomic E-state index is 15.2. The van der Waals surface area contributed by atoms with Crippen LogP contribution in [0.25, 0.3) is 0 Å². The van der Waals surface area contributed by atoms with Gasteiger partial charge in [-0.05, 0) is 135 Å². The molecule has 7 rings (SSSR count). The average Bonchev–Trinajstić information content (AvgIpc) is 3.81. The Hall–Kier alpha value is -5.80. The number of likely N-dealkylation sites (N-methyl/N-ethyl adjacent to an activating group) is 2. The molecule has 6 N–H and O–H groups in total. The molecule has 3 aromatic rings. The highest BCUT2D eigenvalue weighted by Gasteiger charge is 2.47. The summed E-state index contributed by atoms with van der Waals surface area (Å²) in [4.78, 5) is 89.7. The zero-order valence-corrected chi connectivity index (χ0v) is 43.8. The number of aryl methyl sites for hydroxylation is 2. The van der Waals surface area contributed by atoms with Gasteiger partial charge in [-0.25, -0.2) is 0 Å². The average molecular weight is 975 g/mol. The van der Waals surface area contributed by atoms with Crippen molar-refractivity contribution in [3.05, 3.63) is 99.6 Å². The number of nitrogens with zero attached hydrogens (tertiary/aromatic N) is 2. The SMILES string of the molecule is CN[C@@H](C)C(=O)N[C@H](C(=O)N1Cc2cc([C@H]3C[C@@H](C(=O)N[C@@H]4CCCc5ccccc54)N(C(=O)[C@@H](NC(=O)[C@H](C)NC)C(C)(C)C)C3)ccc2C[C@H]1C(=O)N[C@@H]1CCCc2cc(OC)ccc21)C(C)(C)C. The second kappa shape index (κ2) is 21.9. The highest BCUT2D eigenvalue weighted by atomic mass is 16.5. The molecule has 9 atom stereocenters. The number of benzene rings is 3. The summed E-state index contributed by atoms with van der Waals surface area (Å²) in [7, 11) is 5.02. The fourth-order valence-corrected chi connectivity index (χ4v) is 10.8. The van der Waals surface area contributed by atoms with Gasteiger partial charge in [-0.2, -0.15) is 0 Å². The lowest BCUT2D eigenvalue weighted by atomic mass is 9.83. The minimum Gasteiger partial charge on any atom is -0.497 e. The molecule has 71 heavy (non-hydrogen) atoms. The van der Waals surface area contributed by atoms with Crippen LogP contribution in [-0.4, -0.2) is 109 Å². The van der Waals surface area contributed by atoms with E-state index >= 15 is 4.79 Å². The predicted octanol–water partition coefficient (Wildman–Crippen LogP) is 5.30. The number of carbonyl (C=O) groups is 6. The number of ether oxygens (including phenoxy) is 1. The van der Waals surface area contributed by atoms with Crippen molar-refractivity contribution in [3.63, 3.8) is 0 Å². The Morgan fingerprint density at radius 1 is 0.634 bits per heavy atom. The van der Waals surface area contributed by atoms with Gasteiger partial charge in [0.15, 0.2) is 0 Å². The lowest BCUT2D eigenvalue weighted by Crippen LogP contribution is -2.62. The molecule has 0 aromatic heterocycles. The van der Waals surface area contributed by atoms with E-state index in [0.29, 0.717) is 6.42 Å². The van der Waals surface area contributed by atoms with Crippen LogP contribution in [0.5, 0.6) is 5.75 Å². The topological polar surface area (TPSA) is 190 Å². The summed E-state index contributed by atoms with van der Waals surface area (Å²) in [5, 5.41) is 18.6. The third-order valence-electron chi connectivity index (χ3n) is 15.4. The standard InChI is InChI=1S/C56H78N8O7/c1-32(57-9)49(65)61-47(55(3,4)5)53(69)63-30-38-26-35(22-23-36(38)28-45(63)51(67)60-44-21-15-18-37-27-40(71-11)24-25-42(37)44)39-29-46(52(68)59-43-20-14-17-34-16-12-13-19-41(34)43)64(31-39)54(70)48(56(6,7)8)62-50(66)33(2)58-10/h12-13,16,19,22-27,32-33,39,43-48,57-58H,14-15,17-18,20-21,28-31H2,1-11H3,(H,59,68)(H,60,67)(H,61,65)(H,62,66)/t32-,33-,39-,43+,44+,45-,46-,47+,48+/m0/s1. The van der Waals surface area contributed by atoms with Crippen LogP contribution < -0.4 is 36.6 Å². The molecule has 0 bridgehead atoms. The van der Waals surface area contributed by atoms with Crippen molar-refractivity contribution in [1.82, 2.24) is 41.7 Å². The highest BCUT2D eigenvalue weighted by molar-refractivity contribution is 5.95. The van der Waals surface area contributed by atoms with E-state index in [1.54, 1.807) is 44.9 Å². The summed E-state index contributed by atoms with van der Waals surface area (Å²) in [6.07, 6.45) is 5.74. The maximum Gasteiger partial charge on any atom is 0.246 e. The van der Waals surface area contributed by atoms with E-state index in [9.17, 15) is 24.0 Å². The minimum absolute atomic E-state index is 0.102. The first-order valence-electron chi connectivity index (χ1n) is 25.7. The molecule has 1 saturated heterocycles. The number of hydrogen-bond acceptors (Lipinski definition) is 9. The number of amides is 6. The Morgan fingerprint density at radius 2 is 1.18 bits per heavy atom. The zero-order valence-electron chi connectivity index (χ0n) is 43.8. The van der Waals surface area contributed by atoms with Crippen LogP contribution in [0.15, 0.2) is 60.7 Å². The van der Waals surface area contributed by atoms with Crippen molar-refractivity contribution in [3.8, 4) is 5.75 Å². The van der Waals surface area contributed by atoms with E-state index in [2.05, 4.69) is 50.1 Å². The Kier molecular flexibility index (Phi) is 16.4. The molecule has 2 aliphatic carbocycles. The van der Waals surface area contributed by atoms with E-state index in [-0.39, 0.29) is 73.0 Å². The van der Waals surface area contributed by atoms with Crippen LogP contribution >= 0.6 is 0 Å². The van der Waals surface area contributed by atoms with Crippen molar-refractivity contribution in [2.75, 3.05) is 27.7 Å². The van der Waals surface area contributed by atoms with Crippen LogP contribution in [0.3, 0.4) is 0 Å². The normalized spacial score (nSPS) is 22.6. The van der Waals surface area contributed by atoms with Gasteiger partial charge in [0, 0.05) is 25.4 Å². The fraction of sp³-hybridized carbons (Fsp3) is 0.571. The van der Waals surface area contributed by atoms with Crippen LogP contribution in [0.2, 0.25) is 0 Å². The molecule has 6 amide bonds. The molecule has 0 radical (unpaired) electrons. The summed E-state index contributed by atoms with van der Waals surface area (Å²) in [5.74, 6) is -1.35. The largest absolute Gasteiger partial charge is 0.497 e. The second-order valence-electron chi connectivity index (χ2n) is 22.5. The Bertz CT molecular complexity index is 2480. The lowest BCUT2D eigenvalue weighted by molar-refractivity contribution is -0.147. The fourth-order valence-electron chi connectivity index (χ4n) is 10.8. The minimum atomic E-state index is -0.953. The first-order chi connectivity index (χ1) is 33.6. The van der Waals surface area contributed by atoms with Crippen LogP contribution in [0, 0.1) is 10.8 Å². The van der Waals surface area contributed by atoms with E-state index < -0.39 is 47.1 Å². The van der Waals surface area contributed by atoms with E-state index in [0.717, 1.165) is 77.7 Å². The van der Waals surface area contributed by atoms with Crippen molar-refractivity contribution in [1.29, 1.82) is 0 Å². The van der Waals surface area contributed by atoms with Gasteiger partial charge in [-0.15, -0.1) is 0 Å². The summed E-state index contributed by atoms with van der Waals surface area (Å²) < 4.78 is 5.50. The molecular formula is C56H78N8O7. The number of likely N-dealkylation sites (tertiary alicyclic amines) is 1. The van der Waals surface area contributed by atoms with Gasteiger partial charge in [-0.3, -0.25) is 28.8 Å². The van der Waals surface area contributed by atoms with Crippen molar-refractivity contribution in [2.24, 2.45) is 10.8 Å². The molecule has 2 aliphatic heterocycles. The third-order valence-corrected chi connectivity index (χ3v) is 15.4. The molecule has 0 unspecified atom stereocenters. The van der Waals surface area contributed by atoms with Gasteiger partial charge in [-0.1, -0.05) is 90.1 Å². The third kappa shape index (κ3) is 11.8. The van der Waals surface area contributed by atoms with E-state index in [1.165, 1.54) is 5.56 Å². The Morgan fingerprint density at radius 3 is 1.76 bits per heavy atom. The number of hydrogen-bond donors (Lipinski definition) is 6. The number of carbonyl (C=O) groups excluding carboxylic acids is 6. The smallest absolute Gasteiger partial charge is 0.246 e. The first kappa shape index (κ1) is 53.0. The molecule has 15 heteroatoms. The van der Waals surface area contributed by atoms with Gasteiger partial charge in [0.25, 0.3) is 0 Å². The van der Waals surface area contributed by atoms with Crippen molar-refractivity contribution in [2.45, 2.75) is 168 Å². The van der Waals surface area contributed by atoms with E-state index in [4.69, 9.17) is 4.74 Å². The maximum atomic E-state index is 15.2. The van der Waals surface area contributed by atoms with Gasteiger partial charge in [0.1, 0.15) is 29.9 Å². The van der Waals surface area contributed by atoms with Gasteiger partial charge >= 0.3 is 0 Å². The van der Waals surface area contributed by atoms with Gasteiger partial charge in [0.05, 0.1) is 31.3 Å². The monoisotopic (exact) mass is 975 g/mol. The first-order valence-corrected chi connectivity index (χ1v) is 25.7. The quantitative estimate of drug-likeness (QED) is 0.125. The van der Waals surface area contributed by atoms with Gasteiger partial charge < -0.3 is 46.4 Å². The molecule has 1 fully saturated rings. The second-order valence-corrected chi connectivity index (χ2v) is 22.5. The summed E-state index contributed by atoms with van der Waals surface area (Å²) in [6, 6.07) is 15.1. The van der Waals surface area contributed by atoms with Crippen LogP contribution in [0.4, 0.5) is 0 Å². The molecule has 3 aromatic carbocycles. The molecule has 0 spiro atoms. The summed E-state index contributed by atoms with van der Waals surface area (Å²) >= 11 is 0. The van der Waals surface area contributed by atoms with Gasteiger partial charge in [0.2, 0.25) is 35.4 Å². The number of nitrogens with one attached hydrogen (secondary N) is 6. The zero-order chi connectivity index (χ0) is 51.5.